The zero-order chi connectivity index (χ0) is 17.0. The van der Waals surface area contributed by atoms with Gasteiger partial charge in [0.15, 0.2) is 0 Å². The Kier molecular flexibility index (Phi) is 3.81. The summed E-state index contributed by atoms with van der Waals surface area (Å²) in [5, 5.41) is 0. The summed E-state index contributed by atoms with van der Waals surface area (Å²) < 4.78 is 18.6. The van der Waals surface area contributed by atoms with Crippen molar-refractivity contribution in [3.8, 4) is 5.75 Å². The average Bonchev–Trinajstić information content (AvgIpc) is 3.15. The molecule has 1 aliphatic carbocycles. The summed E-state index contributed by atoms with van der Waals surface area (Å²) in [7, 11) is -0.413. The minimum absolute atomic E-state index is 0.0773. The molecule has 2 aliphatic rings. The SMILES string of the molecule is CC(C)(C)c1c(OC2CC2)cncc1B1OC(C)(C)C(C)(C)O1. The fourth-order valence-electron chi connectivity index (χ4n) is 2.86. The molecule has 5 heteroatoms. The number of aromatic nitrogens is 1. The number of nitrogens with zero attached hydrogens (tertiary/aromatic N) is 1. The lowest BCUT2D eigenvalue weighted by Crippen LogP contribution is -2.41. The second kappa shape index (κ2) is 5.22. The topological polar surface area (TPSA) is 40.6 Å². The van der Waals surface area contributed by atoms with E-state index >= 15 is 0 Å². The van der Waals surface area contributed by atoms with Gasteiger partial charge in [0.1, 0.15) is 5.75 Å². The van der Waals surface area contributed by atoms with Crippen LogP contribution in [0, 0.1) is 0 Å². The van der Waals surface area contributed by atoms with Crippen molar-refractivity contribution in [1.29, 1.82) is 0 Å². The molecule has 1 aliphatic heterocycles. The predicted octanol–water partition coefficient (Wildman–Crippen LogP) is 3.22. The molecule has 1 saturated carbocycles. The van der Waals surface area contributed by atoms with E-state index in [9.17, 15) is 0 Å². The highest BCUT2D eigenvalue weighted by Crippen LogP contribution is 2.39. The van der Waals surface area contributed by atoms with Gasteiger partial charge >= 0.3 is 7.12 Å². The van der Waals surface area contributed by atoms with Gasteiger partial charge in [-0.3, -0.25) is 4.98 Å². The Bertz CT molecular complexity index is 587. The summed E-state index contributed by atoms with van der Waals surface area (Å²) in [4.78, 5) is 4.39. The van der Waals surface area contributed by atoms with E-state index in [1.54, 1.807) is 0 Å². The van der Waals surface area contributed by atoms with Gasteiger partial charge in [-0.05, 0) is 46.0 Å². The lowest BCUT2D eigenvalue weighted by Gasteiger charge is -2.32. The zero-order valence-electron chi connectivity index (χ0n) is 15.4. The molecule has 126 valence electrons. The maximum absolute atomic E-state index is 6.24. The molecule has 4 nitrogen and oxygen atoms in total. The summed E-state index contributed by atoms with van der Waals surface area (Å²) in [5.74, 6) is 0.868. The van der Waals surface area contributed by atoms with E-state index in [0.29, 0.717) is 6.10 Å². The molecule has 1 saturated heterocycles. The third kappa shape index (κ3) is 3.13. The van der Waals surface area contributed by atoms with Gasteiger partial charge < -0.3 is 14.0 Å². The van der Waals surface area contributed by atoms with E-state index < -0.39 is 7.12 Å². The smallest absolute Gasteiger partial charge is 0.489 e. The minimum atomic E-state index is -0.413. The molecule has 3 rings (SSSR count). The largest absolute Gasteiger partial charge is 0.496 e. The van der Waals surface area contributed by atoms with Crippen molar-refractivity contribution in [2.45, 2.75) is 84.0 Å². The van der Waals surface area contributed by atoms with Crippen LogP contribution < -0.4 is 10.2 Å². The van der Waals surface area contributed by atoms with Gasteiger partial charge in [0.05, 0.1) is 23.5 Å². The Balaban J connectivity index is 2.02. The lowest BCUT2D eigenvalue weighted by molar-refractivity contribution is 0.00578. The molecule has 0 N–H and O–H groups in total. The molecule has 0 bridgehead atoms. The molecule has 1 aromatic heterocycles. The molecule has 0 amide bonds. The predicted molar refractivity (Wildman–Crippen MR) is 92.3 cm³/mol. The molecule has 0 radical (unpaired) electrons. The van der Waals surface area contributed by atoms with Crippen LogP contribution in [0.3, 0.4) is 0 Å². The number of hydrogen-bond acceptors (Lipinski definition) is 4. The molecular weight excluding hydrogens is 289 g/mol. The van der Waals surface area contributed by atoms with Gasteiger partial charge in [-0.15, -0.1) is 0 Å². The quantitative estimate of drug-likeness (QED) is 0.803. The molecule has 2 fully saturated rings. The van der Waals surface area contributed by atoms with E-state index in [4.69, 9.17) is 14.0 Å². The summed E-state index contributed by atoms with van der Waals surface area (Å²) in [6.45, 7) is 14.9. The molecule has 0 spiro atoms. The molecule has 23 heavy (non-hydrogen) atoms. The Morgan fingerprint density at radius 3 is 2.13 bits per heavy atom. The number of pyridine rings is 1. The molecule has 1 aromatic rings. The second-order valence-corrected chi connectivity index (χ2v) is 8.76. The van der Waals surface area contributed by atoms with Crippen LogP contribution in [0.25, 0.3) is 0 Å². The number of hydrogen-bond donors (Lipinski definition) is 0. The van der Waals surface area contributed by atoms with Crippen LogP contribution in [0.5, 0.6) is 5.75 Å². The molecule has 0 unspecified atom stereocenters. The normalized spacial score (nSPS) is 23.2. The first-order valence-electron chi connectivity index (χ1n) is 8.52. The highest BCUT2D eigenvalue weighted by Gasteiger charge is 2.53. The zero-order valence-corrected chi connectivity index (χ0v) is 15.4. The van der Waals surface area contributed by atoms with Crippen LogP contribution in [0.2, 0.25) is 0 Å². The summed E-state index contributed by atoms with van der Waals surface area (Å²) in [6.07, 6.45) is 6.29. The van der Waals surface area contributed by atoms with Crippen LogP contribution in [0.1, 0.15) is 66.9 Å². The highest BCUT2D eigenvalue weighted by molar-refractivity contribution is 6.62. The summed E-state index contributed by atoms with van der Waals surface area (Å²) >= 11 is 0. The number of rotatable bonds is 3. The second-order valence-electron chi connectivity index (χ2n) is 8.76. The Labute approximate surface area is 140 Å². The molecule has 0 aromatic carbocycles. The van der Waals surface area contributed by atoms with E-state index in [2.05, 4.69) is 53.5 Å². The van der Waals surface area contributed by atoms with Crippen molar-refractivity contribution in [1.82, 2.24) is 4.98 Å². The summed E-state index contributed by atoms with van der Waals surface area (Å²) in [6, 6.07) is 0. The van der Waals surface area contributed by atoms with Crippen LogP contribution in [0.15, 0.2) is 12.4 Å². The van der Waals surface area contributed by atoms with E-state index in [1.165, 1.54) is 0 Å². The molecule has 2 heterocycles. The van der Waals surface area contributed by atoms with E-state index in [-0.39, 0.29) is 16.6 Å². The van der Waals surface area contributed by atoms with Crippen LogP contribution in [-0.2, 0) is 14.7 Å². The minimum Gasteiger partial charge on any atom is -0.489 e. The van der Waals surface area contributed by atoms with Crippen molar-refractivity contribution in [2.24, 2.45) is 0 Å². The van der Waals surface area contributed by atoms with E-state index in [0.717, 1.165) is 29.6 Å². The fourth-order valence-corrected chi connectivity index (χ4v) is 2.86. The first kappa shape index (κ1) is 16.8. The average molecular weight is 317 g/mol. The molecule has 0 atom stereocenters. The maximum Gasteiger partial charge on any atom is 0.496 e. The van der Waals surface area contributed by atoms with Gasteiger partial charge in [-0.1, -0.05) is 20.8 Å². The highest BCUT2D eigenvalue weighted by atomic mass is 16.7. The van der Waals surface area contributed by atoms with E-state index in [1.807, 2.05) is 12.4 Å². The van der Waals surface area contributed by atoms with Gasteiger partial charge in [0, 0.05) is 17.2 Å². The first-order valence-corrected chi connectivity index (χ1v) is 8.52. The van der Waals surface area contributed by atoms with Gasteiger partial charge in [-0.2, -0.15) is 0 Å². The van der Waals surface area contributed by atoms with Crippen molar-refractivity contribution in [3.05, 3.63) is 18.0 Å². The number of ether oxygens (including phenoxy) is 1. The van der Waals surface area contributed by atoms with Gasteiger partial charge in [0.25, 0.3) is 0 Å². The molecular formula is C18H28BNO3. The first-order chi connectivity index (χ1) is 10.5. The van der Waals surface area contributed by atoms with Crippen molar-refractivity contribution in [3.63, 3.8) is 0 Å². The standard InChI is InChI=1S/C18H28BNO3/c1-16(2,3)15-13(10-20-11-14(15)21-12-8-9-12)19-22-17(4,5)18(6,7)23-19/h10-12H,8-9H2,1-7H3. The summed E-state index contributed by atoms with van der Waals surface area (Å²) in [5.41, 5.74) is 1.32. The van der Waals surface area contributed by atoms with Gasteiger partial charge in [-0.25, -0.2) is 0 Å². The van der Waals surface area contributed by atoms with Crippen molar-refractivity contribution >= 4 is 12.6 Å². The van der Waals surface area contributed by atoms with Crippen molar-refractivity contribution < 1.29 is 14.0 Å². The van der Waals surface area contributed by atoms with Crippen LogP contribution in [0.4, 0.5) is 0 Å². The lowest BCUT2D eigenvalue weighted by atomic mass is 9.70. The third-order valence-corrected chi connectivity index (χ3v) is 5.02. The Morgan fingerprint density at radius 1 is 1.09 bits per heavy atom. The maximum atomic E-state index is 6.24. The van der Waals surface area contributed by atoms with Gasteiger partial charge in [0.2, 0.25) is 0 Å². The Hall–Kier alpha value is -1.07. The van der Waals surface area contributed by atoms with Crippen LogP contribution in [-0.4, -0.2) is 29.4 Å². The Morgan fingerprint density at radius 2 is 1.65 bits per heavy atom. The van der Waals surface area contributed by atoms with Crippen LogP contribution >= 0.6 is 0 Å². The third-order valence-electron chi connectivity index (χ3n) is 5.02. The monoisotopic (exact) mass is 317 g/mol. The fraction of sp³-hybridized carbons (Fsp3) is 0.722. The van der Waals surface area contributed by atoms with Crippen molar-refractivity contribution in [2.75, 3.05) is 0 Å².